The van der Waals surface area contributed by atoms with Crippen LogP contribution in [0.15, 0.2) is 22.8 Å². The zero-order chi connectivity index (χ0) is 13.1. The molecule has 5 heteroatoms. The molecule has 2 aliphatic rings. The Morgan fingerprint density at radius 3 is 2.58 bits per heavy atom. The number of piperidine rings is 1. The van der Waals surface area contributed by atoms with Gasteiger partial charge in [0.2, 0.25) is 5.88 Å². The van der Waals surface area contributed by atoms with E-state index in [9.17, 15) is 0 Å². The molecule has 0 radical (unpaired) electrons. The van der Waals surface area contributed by atoms with Gasteiger partial charge in [0.1, 0.15) is 6.10 Å². The molecule has 0 bridgehead atoms. The third-order valence-corrected chi connectivity index (χ3v) is 4.18. The molecular weight excluding hydrogens is 308 g/mol. The highest BCUT2D eigenvalue weighted by Gasteiger charge is 2.34. The minimum Gasteiger partial charge on any atom is -0.474 e. The van der Waals surface area contributed by atoms with Crippen molar-refractivity contribution in [3.63, 3.8) is 0 Å². The highest BCUT2D eigenvalue weighted by Crippen LogP contribution is 2.29. The zero-order valence-corrected chi connectivity index (χ0v) is 12.4. The fourth-order valence-electron chi connectivity index (χ4n) is 2.53. The van der Waals surface area contributed by atoms with Crippen LogP contribution in [-0.4, -0.2) is 36.4 Å². The first-order valence-corrected chi connectivity index (χ1v) is 7.73. The lowest BCUT2D eigenvalue weighted by Gasteiger charge is -2.38. The quantitative estimate of drug-likeness (QED) is 0.923. The number of hydrogen-bond acceptors (Lipinski definition) is 4. The topological polar surface area (TPSA) is 43.4 Å². The summed E-state index contributed by atoms with van der Waals surface area (Å²) in [5.41, 5.74) is 0. The Labute approximate surface area is 122 Å². The first-order valence-electron chi connectivity index (χ1n) is 6.94. The van der Waals surface area contributed by atoms with Crippen LogP contribution in [0.1, 0.15) is 25.7 Å². The maximum atomic E-state index is 6.07. The van der Waals surface area contributed by atoms with Gasteiger partial charge >= 0.3 is 0 Å². The van der Waals surface area contributed by atoms with Crippen molar-refractivity contribution in [2.75, 3.05) is 13.1 Å². The fourth-order valence-corrected chi connectivity index (χ4v) is 2.77. The van der Waals surface area contributed by atoms with E-state index in [2.05, 4.69) is 26.2 Å². The van der Waals surface area contributed by atoms with Crippen molar-refractivity contribution < 1.29 is 9.47 Å². The van der Waals surface area contributed by atoms with Crippen LogP contribution >= 0.6 is 15.9 Å². The molecule has 0 aromatic carbocycles. The molecular formula is C14H19BrN2O2. The minimum atomic E-state index is 0.264. The molecule has 2 fully saturated rings. The van der Waals surface area contributed by atoms with Crippen LogP contribution < -0.4 is 10.1 Å². The summed E-state index contributed by atoms with van der Waals surface area (Å²) in [6.07, 6.45) is 7.09. The molecule has 19 heavy (non-hydrogen) atoms. The Morgan fingerprint density at radius 1 is 1.11 bits per heavy atom. The van der Waals surface area contributed by atoms with E-state index in [1.807, 2.05) is 12.1 Å². The zero-order valence-electron chi connectivity index (χ0n) is 10.8. The van der Waals surface area contributed by atoms with E-state index < -0.39 is 0 Å². The Kier molecular flexibility index (Phi) is 4.35. The second-order valence-corrected chi connectivity index (χ2v) is 6.15. The maximum Gasteiger partial charge on any atom is 0.213 e. The van der Waals surface area contributed by atoms with Crippen molar-refractivity contribution in [2.24, 2.45) is 0 Å². The van der Waals surface area contributed by atoms with Gasteiger partial charge in [-0.15, -0.1) is 0 Å². The number of nitrogens with one attached hydrogen (secondary N) is 1. The van der Waals surface area contributed by atoms with Crippen molar-refractivity contribution >= 4 is 15.9 Å². The summed E-state index contributed by atoms with van der Waals surface area (Å²) in [4.78, 5) is 4.22. The van der Waals surface area contributed by atoms with Gasteiger partial charge in [-0.1, -0.05) is 0 Å². The summed E-state index contributed by atoms with van der Waals surface area (Å²) >= 11 is 3.36. The number of halogens is 1. The molecule has 1 aliphatic heterocycles. The van der Waals surface area contributed by atoms with Gasteiger partial charge in [0, 0.05) is 29.6 Å². The van der Waals surface area contributed by atoms with E-state index in [1.165, 1.54) is 0 Å². The van der Waals surface area contributed by atoms with Gasteiger partial charge in [0.25, 0.3) is 0 Å². The first kappa shape index (κ1) is 13.3. The Hall–Kier alpha value is -0.650. The number of rotatable bonds is 4. The molecule has 1 saturated heterocycles. The van der Waals surface area contributed by atoms with Crippen molar-refractivity contribution in [3.8, 4) is 5.88 Å². The highest BCUT2D eigenvalue weighted by molar-refractivity contribution is 9.10. The Balaban J connectivity index is 1.39. The normalized spacial score (nSPS) is 27.8. The molecule has 1 N–H and O–H groups in total. The van der Waals surface area contributed by atoms with Crippen LogP contribution in [0.4, 0.5) is 0 Å². The minimum absolute atomic E-state index is 0.264. The van der Waals surface area contributed by atoms with Gasteiger partial charge < -0.3 is 14.8 Å². The number of pyridine rings is 1. The van der Waals surface area contributed by atoms with E-state index in [1.54, 1.807) is 6.20 Å². The van der Waals surface area contributed by atoms with Gasteiger partial charge in [0.05, 0.1) is 12.2 Å². The Bertz CT molecular complexity index is 400. The van der Waals surface area contributed by atoms with Crippen molar-refractivity contribution in [1.29, 1.82) is 0 Å². The molecule has 3 rings (SSSR count). The molecule has 0 atom stereocenters. The lowest BCUT2D eigenvalue weighted by molar-refractivity contribution is -0.104. The summed E-state index contributed by atoms with van der Waals surface area (Å²) < 4.78 is 12.8. The third-order valence-electron chi connectivity index (χ3n) is 3.71. The molecule has 2 heterocycles. The first-order chi connectivity index (χ1) is 9.29. The molecule has 1 saturated carbocycles. The van der Waals surface area contributed by atoms with E-state index in [0.29, 0.717) is 18.1 Å². The molecule has 104 valence electrons. The predicted octanol–water partition coefficient (Wildman–Crippen LogP) is 2.52. The van der Waals surface area contributed by atoms with Gasteiger partial charge in [-0.3, -0.25) is 0 Å². The summed E-state index contributed by atoms with van der Waals surface area (Å²) in [7, 11) is 0. The maximum absolute atomic E-state index is 6.07. The SMILES string of the molecule is Brc1ccc(O[C@H]2C[C@H](OC3CCNCC3)C2)nc1. The highest BCUT2D eigenvalue weighted by atomic mass is 79.9. The molecule has 1 aliphatic carbocycles. The third kappa shape index (κ3) is 3.68. The van der Waals surface area contributed by atoms with Gasteiger partial charge in [-0.25, -0.2) is 4.98 Å². The van der Waals surface area contributed by atoms with Gasteiger partial charge in [-0.2, -0.15) is 0 Å². The van der Waals surface area contributed by atoms with Crippen molar-refractivity contribution in [1.82, 2.24) is 10.3 Å². The van der Waals surface area contributed by atoms with Crippen LogP contribution in [0, 0.1) is 0 Å². The molecule has 0 spiro atoms. The molecule has 0 unspecified atom stereocenters. The smallest absolute Gasteiger partial charge is 0.213 e. The van der Waals surface area contributed by atoms with Crippen molar-refractivity contribution in [2.45, 2.75) is 44.0 Å². The number of nitrogens with zero attached hydrogens (tertiary/aromatic N) is 1. The summed E-state index contributed by atoms with van der Waals surface area (Å²) in [5, 5.41) is 3.35. The van der Waals surface area contributed by atoms with E-state index in [4.69, 9.17) is 9.47 Å². The van der Waals surface area contributed by atoms with Crippen LogP contribution in [0.3, 0.4) is 0 Å². The average Bonchev–Trinajstić information content (AvgIpc) is 2.40. The Morgan fingerprint density at radius 2 is 1.89 bits per heavy atom. The summed E-state index contributed by atoms with van der Waals surface area (Å²) in [6, 6.07) is 3.84. The van der Waals surface area contributed by atoms with Crippen LogP contribution in [0.2, 0.25) is 0 Å². The van der Waals surface area contributed by atoms with Crippen LogP contribution in [0.25, 0.3) is 0 Å². The second kappa shape index (κ2) is 6.20. The lowest BCUT2D eigenvalue weighted by atomic mass is 9.91. The van der Waals surface area contributed by atoms with Crippen LogP contribution in [-0.2, 0) is 4.74 Å². The van der Waals surface area contributed by atoms with Crippen molar-refractivity contribution in [3.05, 3.63) is 22.8 Å². The largest absolute Gasteiger partial charge is 0.474 e. The molecule has 0 amide bonds. The molecule has 4 nitrogen and oxygen atoms in total. The number of hydrogen-bond donors (Lipinski definition) is 1. The van der Waals surface area contributed by atoms with E-state index in [-0.39, 0.29) is 6.10 Å². The molecule has 1 aromatic rings. The average molecular weight is 327 g/mol. The number of aromatic nitrogens is 1. The van der Waals surface area contributed by atoms with E-state index in [0.717, 1.165) is 43.2 Å². The lowest BCUT2D eigenvalue weighted by Crippen LogP contribution is -2.43. The van der Waals surface area contributed by atoms with E-state index >= 15 is 0 Å². The van der Waals surface area contributed by atoms with Crippen LogP contribution in [0.5, 0.6) is 5.88 Å². The number of ether oxygens (including phenoxy) is 2. The van der Waals surface area contributed by atoms with Gasteiger partial charge in [-0.05, 0) is 47.9 Å². The summed E-state index contributed by atoms with van der Waals surface area (Å²) in [6.45, 7) is 2.17. The predicted molar refractivity (Wildman–Crippen MR) is 76.4 cm³/mol. The second-order valence-electron chi connectivity index (χ2n) is 5.23. The molecule has 1 aromatic heterocycles. The monoisotopic (exact) mass is 326 g/mol. The fraction of sp³-hybridized carbons (Fsp3) is 0.643. The van der Waals surface area contributed by atoms with Gasteiger partial charge in [0.15, 0.2) is 0 Å². The standard InChI is InChI=1S/C14H19BrN2O2/c15-10-1-2-14(17-9-10)19-13-7-12(8-13)18-11-3-5-16-6-4-11/h1-2,9,11-13,16H,3-8H2/t12-,13-. The summed E-state index contributed by atoms with van der Waals surface area (Å²) in [5.74, 6) is 0.702.